The van der Waals surface area contributed by atoms with Crippen LogP contribution in [0.25, 0.3) is 22.3 Å². The second-order valence-corrected chi connectivity index (χ2v) is 17.4. The molecule has 0 radical (unpaired) electrons. The number of carbonyl (C=O) groups excluding carboxylic acids is 3. The summed E-state index contributed by atoms with van der Waals surface area (Å²) >= 11 is 0. The molecular formula is C44H51FN8O3. The number of nitrogens with one attached hydrogen (secondary N) is 2. The van der Waals surface area contributed by atoms with Gasteiger partial charge in [-0.1, -0.05) is 24.6 Å². The van der Waals surface area contributed by atoms with E-state index in [9.17, 15) is 18.8 Å². The Balaban J connectivity index is 1.01. The summed E-state index contributed by atoms with van der Waals surface area (Å²) < 4.78 is 16.8. The average molecular weight is 759 g/mol. The highest BCUT2D eigenvalue weighted by Crippen LogP contribution is 2.53. The van der Waals surface area contributed by atoms with E-state index in [2.05, 4.69) is 43.2 Å². The summed E-state index contributed by atoms with van der Waals surface area (Å²) in [5, 5.41) is 6.30. The van der Waals surface area contributed by atoms with E-state index in [1.165, 1.54) is 19.3 Å². The third-order valence-corrected chi connectivity index (χ3v) is 13.8. The van der Waals surface area contributed by atoms with Crippen LogP contribution in [0.4, 0.5) is 21.6 Å². The van der Waals surface area contributed by atoms with Crippen molar-refractivity contribution in [1.82, 2.24) is 29.7 Å². The lowest BCUT2D eigenvalue weighted by Gasteiger charge is -2.48. The Morgan fingerprint density at radius 2 is 1.68 bits per heavy atom. The number of benzene rings is 2. The Hall–Kier alpha value is -4.84. The molecule has 2 saturated heterocycles. The van der Waals surface area contributed by atoms with Crippen LogP contribution in [0.15, 0.2) is 48.8 Å². The number of hydrogen-bond donors (Lipinski definition) is 2. The number of carbonyl (C=O) groups is 3. The van der Waals surface area contributed by atoms with Crippen molar-refractivity contribution in [3.05, 3.63) is 65.5 Å². The van der Waals surface area contributed by atoms with Crippen LogP contribution in [-0.2, 0) is 15.0 Å². The fraction of sp³-hybridized carbons (Fsp3) is 0.523. The number of pyridine rings is 1. The van der Waals surface area contributed by atoms with Gasteiger partial charge in [0, 0.05) is 60.8 Å². The van der Waals surface area contributed by atoms with Crippen LogP contribution < -0.4 is 15.5 Å². The summed E-state index contributed by atoms with van der Waals surface area (Å²) in [6.45, 7) is 5.10. The molecule has 3 aliphatic carbocycles. The predicted octanol–water partition coefficient (Wildman–Crippen LogP) is 6.96. The van der Waals surface area contributed by atoms with E-state index in [0.29, 0.717) is 62.2 Å². The first-order valence-electron chi connectivity index (χ1n) is 20.8. The monoisotopic (exact) mass is 758 g/mol. The Morgan fingerprint density at radius 1 is 0.911 bits per heavy atom. The van der Waals surface area contributed by atoms with E-state index in [1.807, 2.05) is 37.5 Å². The fourth-order valence-corrected chi connectivity index (χ4v) is 9.92. The molecule has 2 N–H and O–H groups in total. The second-order valence-electron chi connectivity index (χ2n) is 17.4. The average Bonchev–Trinajstić information content (AvgIpc) is 4.12. The number of anilines is 3. The maximum Gasteiger partial charge on any atom is 0.251 e. The van der Waals surface area contributed by atoms with Crippen LogP contribution in [0, 0.1) is 6.92 Å². The lowest BCUT2D eigenvalue weighted by molar-refractivity contribution is -0.137. The highest BCUT2D eigenvalue weighted by Gasteiger charge is 2.56. The number of piperidine rings is 2. The maximum absolute atomic E-state index is 14.9. The summed E-state index contributed by atoms with van der Waals surface area (Å²) in [7, 11) is 1.64. The molecule has 1 spiro atoms. The van der Waals surface area contributed by atoms with Crippen molar-refractivity contribution in [1.29, 1.82) is 0 Å². The van der Waals surface area contributed by atoms with Crippen molar-refractivity contribution >= 4 is 45.9 Å². The van der Waals surface area contributed by atoms with Crippen molar-refractivity contribution in [2.75, 3.05) is 43.4 Å². The highest BCUT2D eigenvalue weighted by molar-refractivity contribution is 6.09. The zero-order valence-corrected chi connectivity index (χ0v) is 32.5. The number of halogens is 1. The number of rotatable bonds is 9. The number of imidazole rings is 1. The van der Waals surface area contributed by atoms with Crippen molar-refractivity contribution in [3.63, 3.8) is 0 Å². The first-order chi connectivity index (χ1) is 27.1. The molecule has 2 aromatic carbocycles. The molecule has 11 nitrogen and oxygen atoms in total. The SMILES string of the molecule is CNC(=O)c1cc(Nc2nc(-c3ccc4c(c3)N(C3CC(N5CCCCC5)C3)C(=O)C43CCN(C(=O)CC4(F)CC4)CC3)cc3ncn(C4CC4)c23)ccc1C. The van der Waals surface area contributed by atoms with E-state index in [0.717, 1.165) is 83.6 Å². The lowest BCUT2D eigenvalue weighted by atomic mass is 9.73. The molecule has 12 heteroatoms. The van der Waals surface area contributed by atoms with Crippen LogP contribution >= 0.6 is 0 Å². The van der Waals surface area contributed by atoms with Gasteiger partial charge in [-0.2, -0.15) is 0 Å². The number of hydrogen-bond acceptors (Lipinski definition) is 7. The van der Waals surface area contributed by atoms with Gasteiger partial charge in [0.25, 0.3) is 5.91 Å². The summed E-state index contributed by atoms with van der Waals surface area (Å²) in [5.74, 6) is 0.531. The molecule has 56 heavy (non-hydrogen) atoms. The first kappa shape index (κ1) is 35.6. The van der Waals surface area contributed by atoms with E-state index in [-0.39, 0.29) is 30.2 Å². The molecule has 6 aliphatic rings. The van der Waals surface area contributed by atoms with E-state index < -0.39 is 11.1 Å². The van der Waals surface area contributed by atoms with E-state index >= 15 is 0 Å². The quantitative estimate of drug-likeness (QED) is 0.190. The van der Waals surface area contributed by atoms with Crippen LogP contribution in [0.3, 0.4) is 0 Å². The van der Waals surface area contributed by atoms with Gasteiger partial charge in [0.1, 0.15) is 11.2 Å². The van der Waals surface area contributed by atoms with E-state index in [4.69, 9.17) is 9.97 Å². The van der Waals surface area contributed by atoms with Gasteiger partial charge >= 0.3 is 0 Å². The Kier molecular flexibility index (Phi) is 8.50. The first-order valence-corrected chi connectivity index (χ1v) is 20.8. The smallest absolute Gasteiger partial charge is 0.251 e. The molecular weight excluding hydrogens is 708 g/mol. The second kappa shape index (κ2) is 13.4. The number of aromatic nitrogens is 3. The normalized spacial score (nSPS) is 23.9. The summed E-state index contributed by atoms with van der Waals surface area (Å²) in [5.41, 5.74) is 5.58. The Morgan fingerprint density at radius 3 is 2.39 bits per heavy atom. The van der Waals surface area contributed by atoms with Gasteiger partial charge in [0.05, 0.1) is 29.4 Å². The third kappa shape index (κ3) is 6.06. The Labute approximate surface area is 327 Å². The van der Waals surface area contributed by atoms with Crippen LogP contribution in [0.5, 0.6) is 0 Å². The van der Waals surface area contributed by atoms with Crippen LogP contribution in [-0.4, -0.2) is 93.0 Å². The zero-order chi connectivity index (χ0) is 38.3. The molecule has 0 unspecified atom stereocenters. The molecule has 10 rings (SSSR count). The molecule has 3 aliphatic heterocycles. The minimum absolute atomic E-state index is 0.0494. The number of nitrogens with zero attached hydrogens (tertiary/aromatic N) is 6. The van der Waals surface area contributed by atoms with E-state index in [1.54, 1.807) is 11.9 Å². The van der Waals surface area contributed by atoms with Gasteiger partial charge in [0.15, 0.2) is 5.82 Å². The minimum atomic E-state index is -1.33. The lowest BCUT2D eigenvalue weighted by Crippen LogP contribution is -2.58. The molecule has 292 valence electrons. The molecule has 5 fully saturated rings. The van der Waals surface area contributed by atoms with Gasteiger partial charge in [-0.15, -0.1) is 0 Å². The van der Waals surface area contributed by atoms with Gasteiger partial charge in [0.2, 0.25) is 11.8 Å². The molecule has 0 atom stereocenters. The number of likely N-dealkylation sites (tertiary alicyclic amines) is 2. The number of fused-ring (bicyclic) bond motifs is 3. The van der Waals surface area contributed by atoms with Crippen molar-refractivity contribution < 1.29 is 18.8 Å². The molecule has 0 bridgehead atoms. The number of aryl methyl sites for hydroxylation is 1. The van der Waals surface area contributed by atoms with Gasteiger partial charge in [-0.25, -0.2) is 14.4 Å². The molecule has 3 amide bonds. The standard InChI is InChI=1S/C44H51FN8O3/c1-27-6-8-29(21-33(27)41(55)46-2)48-40-39-36(47-26-52(39)30-9-10-30)24-35(49-40)28-7-11-34-37(20-28)53(32-22-31(23-32)50-16-4-3-5-17-50)42(56)44(34)14-18-51(19-15-44)38(54)25-43(45)12-13-43/h6-8,11,20-21,24,26,30-32H,3-5,9-10,12-19,22-23,25H2,1-2H3,(H,46,55)(H,48,49). The summed E-state index contributed by atoms with van der Waals surface area (Å²) in [6.07, 6.45) is 11.7. The largest absolute Gasteiger partial charge is 0.355 e. The predicted molar refractivity (Wildman–Crippen MR) is 214 cm³/mol. The van der Waals surface area contributed by atoms with Crippen molar-refractivity contribution in [3.8, 4) is 11.3 Å². The topological polar surface area (TPSA) is 116 Å². The molecule has 4 aromatic rings. The van der Waals surface area contributed by atoms with Crippen LogP contribution in [0.2, 0.25) is 0 Å². The number of amides is 3. The van der Waals surface area contributed by atoms with Crippen molar-refractivity contribution in [2.45, 2.75) is 113 Å². The highest BCUT2D eigenvalue weighted by atomic mass is 19.1. The summed E-state index contributed by atoms with van der Waals surface area (Å²) in [4.78, 5) is 57.3. The fourth-order valence-electron chi connectivity index (χ4n) is 9.92. The van der Waals surface area contributed by atoms with Gasteiger partial charge in [-0.3, -0.25) is 14.4 Å². The van der Waals surface area contributed by atoms with Crippen molar-refractivity contribution in [2.24, 2.45) is 0 Å². The van der Waals surface area contributed by atoms with Gasteiger partial charge in [-0.05, 0) is 120 Å². The third-order valence-electron chi connectivity index (χ3n) is 13.8. The van der Waals surface area contributed by atoms with Gasteiger partial charge < -0.3 is 29.9 Å². The van der Waals surface area contributed by atoms with Crippen LogP contribution in [0.1, 0.15) is 105 Å². The number of alkyl halides is 1. The minimum Gasteiger partial charge on any atom is -0.355 e. The molecule has 3 saturated carbocycles. The molecule has 2 aromatic heterocycles. The maximum atomic E-state index is 14.9. The summed E-state index contributed by atoms with van der Waals surface area (Å²) in [6, 6.07) is 15.2. The Bertz CT molecular complexity index is 2240. The zero-order valence-electron chi connectivity index (χ0n) is 32.5. The molecule has 5 heterocycles.